The summed E-state index contributed by atoms with van der Waals surface area (Å²) in [5, 5.41) is 0.346. The predicted molar refractivity (Wildman–Crippen MR) is 79.7 cm³/mol. The molecule has 0 bridgehead atoms. The van der Waals surface area contributed by atoms with Crippen LogP contribution in [0.1, 0.15) is 24.2 Å². The molecule has 6 nitrogen and oxygen atoms in total. The first kappa shape index (κ1) is 15.0. The minimum absolute atomic E-state index is 0.0365. The second-order valence-corrected chi connectivity index (χ2v) is 5.33. The number of rotatable bonds is 3. The lowest BCUT2D eigenvalue weighted by atomic mass is 10.1. The lowest BCUT2D eigenvalue weighted by Crippen LogP contribution is -2.53. The maximum atomic E-state index is 12.4. The quantitative estimate of drug-likeness (QED) is 0.647. The van der Waals surface area contributed by atoms with Crippen molar-refractivity contribution < 1.29 is 4.79 Å². The molecule has 1 aromatic heterocycles. The Morgan fingerprint density at radius 2 is 2.35 bits per heavy atom. The van der Waals surface area contributed by atoms with Crippen molar-refractivity contribution in [2.24, 2.45) is 5.84 Å². The van der Waals surface area contributed by atoms with Crippen LogP contribution in [0.25, 0.3) is 0 Å². The fourth-order valence-corrected chi connectivity index (χ4v) is 2.71. The number of amides is 1. The van der Waals surface area contributed by atoms with E-state index in [1.165, 1.54) is 6.20 Å². The van der Waals surface area contributed by atoms with Crippen LogP contribution in [0.4, 0.5) is 5.82 Å². The van der Waals surface area contributed by atoms with Gasteiger partial charge in [0.2, 0.25) is 0 Å². The average molecular weight is 298 g/mol. The van der Waals surface area contributed by atoms with Gasteiger partial charge in [-0.1, -0.05) is 18.5 Å². The predicted octanol–water partition coefficient (Wildman–Crippen LogP) is 1.19. The number of nitrogens with zero attached hydrogens (tertiary/aromatic N) is 3. The van der Waals surface area contributed by atoms with Crippen LogP contribution in [0.3, 0.4) is 0 Å². The number of carbonyl (C=O) groups is 1. The van der Waals surface area contributed by atoms with Crippen molar-refractivity contribution in [3.63, 3.8) is 0 Å². The molecule has 0 aromatic carbocycles. The molecule has 110 valence electrons. The van der Waals surface area contributed by atoms with Crippen molar-refractivity contribution in [1.29, 1.82) is 0 Å². The number of nitrogen functional groups attached to an aromatic ring is 1. The summed E-state index contributed by atoms with van der Waals surface area (Å²) in [6, 6.07) is 1.97. The number of halogens is 1. The molecule has 1 aliphatic rings. The van der Waals surface area contributed by atoms with Crippen LogP contribution in [0.2, 0.25) is 5.02 Å². The van der Waals surface area contributed by atoms with Crippen LogP contribution < -0.4 is 11.3 Å². The molecule has 3 N–H and O–H groups in total. The van der Waals surface area contributed by atoms with Crippen molar-refractivity contribution in [1.82, 2.24) is 14.8 Å². The van der Waals surface area contributed by atoms with E-state index in [0.29, 0.717) is 22.4 Å². The lowest BCUT2D eigenvalue weighted by molar-refractivity contribution is 0.0528. The Labute approximate surface area is 123 Å². The summed E-state index contributed by atoms with van der Waals surface area (Å²) in [6.45, 7) is 7.62. The monoisotopic (exact) mass is 297 g/mol. The Morgan fingerprint density at radius 3 is 2.90 bits per heavy atom. The van der Waals surface area contributed by atoms with Crippen molar-refractivity contribution in [2.45, 2.75) is 19.9 Å². The Balaban J connectivity index is 2.10. The normalized spacial score (nSPS) is 20.0. The minimum atomic E-state index is -0.0365. The number of likely N-dealkylation sites (N-methyl/N-ethyl adjacent to an activating group) is 1. The van der Waals surface area contributed by atoms with Gasteiger partial charge < -0.3 is 10.3 Å². The van der Waals surface area contributed by atoms with Crippen LogP contribution in [-0.2, 0) is 0 Å². The van der Waals surface area contributed by atoms with Crippen molar-refractivity contribution in [3.05, 3.63) is 22.8 Å². The summed E-state index contributed by atoms with van der Waals surface area (Å²) in [4.78, 5) is 20.7. The average Bonchev–Trinajstić information content (AvgIpc) is 2.46. The molecule has 1 aromatic rings. The topological polar surface area (TPSA) is 74.5 Å². The van der Waals surface area contributed by atoms with Crippen LogP contribution in [0, 0.1) is 0 Å². The van der Waals surface area contributed by atoms with E-state index in [2.05, 4.69) is 29.2 Å². The second-order valence-electron chi connectivity index (χ2n) is 4.93. The molecule has 0 aliphatic carbocycles. The molecule has 1 aliphatic heterocycles. The summed E-state index contributed by atoms with van der Waals surface area (Å²) < 4.78 is 0. The van der Waals surface area contributed by atoms with Gasteiger partial charge in [-0.25, -0.2) is 10.8 Å². The molecule has 2 rings (SSSR count). The van der Waals surface area contributed by atoms with Crippen LogP contribution in [-0.4, -0.2) is 52.9 Å². The molecule has 20 heavy (non-hydrogen) atoms. The fourth-order valence-electron chi connectivity index (χ4n) is 2.49. The summed E-state index contributed by atoms with van der Waals surface area (Å²) in [5.74, 6) is 5.60. The largest absolute Gasteiger partial charge is 0.336 e. The molecule has 0 saturated carbocycles. The number of anilines is 1. The number of hydrogen-bond donors (Lipinski definition) is 2. The molecule has 0 spiro atoms. The van der Waals surface area contributed by atoms with E-state index in [9.17, 15) is 4.79 Å². The van der Waals surface area contributed by atoms with Gasteiger partial charge in [0.1, 0.15) is 0 Å². The van der Waals surface area contributed by atoms with Gasteiger partial charge in [0, 0.05) is 31.9 Å². The van der Waals surface area contributed by atoms with Gasteiger partial charge in [0.25, 0.3) is 5.91 Å². The Bertz CT molecular complexity index is 496. The zero-order valence-corrected chi connectivity index (χ0v) is 12.5. The SMILES string of the molecule is CCN1CCN(C(=O)c2cnc(NN)c(Cl)c2)CC1C. The minimum Gasteiger partial charge on any atom is -0.336 e. The van der Waals surface area contributed by atoms with Crippen LogP contribution >= 0.6 is 11.6 Å². The molecule has 7 heteroatoms. The zero-order valence-electron chi connectivity index (χ0n) is 11.8. The van der Waals surface area contributed by atoms with Crippen molar-refractivity contribution >= 4 is 23.3 Å². The fraction of sp³-hybridized carbons (Fsp3) is 0.538. The smallest absolute Gasteiger partial charge is 0.255 e. The van der Waals surface area contributed by atoms with Gasteiger partial charge >= 0.3 is 0 Å². The van der Waals surface area contributed by atoms with Crippen LogP contribution in [0.5, 0.6) is 0 Å². The van der Waals surface area contributed by atoms with E-state index in [1.54, 1.807) is 6.07 Å². The van der Waals surface area contributed by atoms with Crippen LogP contribution in [0.15, 0.2) is 12.3 Å². The number of hydrazine groups is 1. The van der Waals surface area contributed by atoms with E-state index >= 15 is 0 Å². The number of hydrogen-bond acceptors (Lipinski definition) is 5. The van der Waals surface area contributed by atoms with Gasteiger partial charge in [0.05, 0.1) is 10.6 Å². The van der Waals surface area contributed by atoms with E-state index in [0.717, 1.165) is 26.2 Å². The summed E-state index contributed by atoms with van der Waals surface area (Å²) >= 11 is 6.00. The number of nitrogens with one attached hydrogen (secondary N) is 1. The Morgan fingerprint density at radius 1 is 1.60 bits per heavy atom. The molecule has 1 atom stereocenters. The van der Waals surface area contributed by atoms with Crippen molar-refractivity contribution in [3.8, 4) is 0 Å². The third-order valence-corrected chi connectivity index (χ3v) is 3.97. The number of aromatic nitrogens is 1. The van der Waals surface area contributed by atoms with E-state index in [4.69, 9.17) is 17.4 Å². The Hall–Kier alpha value is -1.37. The molecular weight excluding hydrogens is 278 g/mol. The number of nitrogens with two attached hydrogens (primary N) is 1. The summed E-state index contributed by atoms with van der Waals surface area (Å²) in [7, 11) is 0. The molecular formula is C13H20ClN5O. The highest BCUT2D eigenvalue weighted by Gasteiger charge is 2.26. The zero-order chi connectivity index (χ0) is 14.7. The molecule has 2 heterocycles. The van der Waals surface area contributed by atoms with Gasteiger partial charge in [0.15, 0.2) is 5.82 Å². The van der Waals surface area contributed by atoms with Crippen molar-refractivity contribution in [2.75, 3.05) is 31.6 Å². The van der Waals surface area contributed by atoms with E-state index in [-0.39, 0.29) is 5.91 Å². The maximum absolute atomic E-state index is 12.4. The second kappa shape index (κ2) is 6.39. The third-order valence-electron chi connectivity index (χ3n) is 3.68. The first-order valence-electron chi connectivity index (χ1n) is 6.72. The lowest BCUT2D eigenvalue weighted by Gasteiger charge is -2.39. The number of piperazine rings is 1. The highest BCUT2D eigenvalue weighted by molar-refractivity contribution is 6.33. The molecule has 1 saturated heterocycles. The highest BCUT2D eigenvalue weighted by Crippen LogP contribution is 2.20. The van der Waals surface area contributed by atoms with E-state index < -0.39 is 0 Å². The Kier molecular flexibility index (Phi) is 4.80. The number of pyridine rings is 1. The molecule has 0 radical (unpaired) electrons. The van der Waals surface area contributed by atoms with Gasteiger partial charge in [-0.2, -0.15) is 0 Å². The van der Waals surface area contributed by atoms with Gasteiger partial charge in [-0.15, -0.1) is 0 Å². The first-order chi connectivity index (χ1) is 9.56. The van der Waals surface area contributed by atoms with Gasteiger partial charge in [-0.05, 0) is 19.5 Å². The van der Waals surface area contributed by atoms with E-state index in [1.807, 2.05) is 4.90 Å². The molecule has 1 amide bonds. The maximum Gasteiger partial charge on any atom is 0.255 e. The summed E-state index contributed by atoms with van der Waals surface area (Å²) in [5.41, 5.74) is 2.88. The standard InChI is InChI=1S/C13H20ClN5O/c1-3-18-4-5-19(8-9(18)2)13(20)10-6-11(14)12(17-15)16-7-10/h6-7,9H,3-5,8,15H2,1-2H3,(H,16,17). The number of carbonyl (C=O) groups excluding carboxylic acids is 1. The molecule has 1 fully saturated rings. The first-order valence-corrected chi connectivity index (χ1v) is 7.10. The third kappa shape index (κ3) is 3.03. The highest BCUT2D eigenvalue weighted by atomic mass is 35.5. The van der Waals surface area contributed by atoms with Gasteiger partial charge in [-0.3, -0.25) is 9.69 Å². The molecule has 1 unspecified atom stereocenters. The summed E-state index contributed by atoms with van der Waals surface area (Å²) in [6.07, 6.45) is 1.50.